The van der Waals surface area contributed by atoms with Crippen LogP contribution in [-0.4, -0.2) is 95.1 Å². The molecule has 3 aromatic carbocycles. The maximum Gasteiger partial charge on any atom is 0.265 e. The summed E-state index contributed by atoms with van der Waals surface area (Å²) < 4.78 is 7.73. The molecule has 2 atom stereocenters. The van der Waals surface area contributed by atoms with Gasteiger partial charge in [0.25, 0.3) is 5.91 Å². The summed E-state index contributed by atoms with van der Waals surface area (Å²) in [6.45, 7) is 5.19. The van der Waals surface area contributed by atoms with Gasteiger partial charge in [-0.15, -0.1) is 0 Å². The highest BCUT2D eigenvalue weighted by atomic mass is 16.5. The minimum atomic E-state index is -0.655. The lowest BCUT2D eigenvalue weighted by atomic mass is 10.2. The van der Waals surface area contributed by atoms with Crippen LogP contribution in [0.4, 0.5) is 5.69 Å². The highest BCUT2D eigenvalue weighted by molar-refractivity contribution is 6.08. The van der Waals surface area contributed by atoms with Crippen molar-refractivity contribution in [2.75, 3.05) is 57.3 Å². The number of hydrogen-bond donors (Lipinski definition) is 2. The van der Waals surface area contributed by atoms with E-state index in [0.29, 0.717) is 31.1 Å². The number of rotatable bonds is 8. The molecule has 1 saturated heterocycles. The maximum absolute atomic E-state index is 12.4. The molecule has 6 rings (SSSR count). The smallest absolute Gasteiger partial charge is 0.265 e. The second-order valence-electron chi connectivity index (χ2n) is 10.3. The number of hydrogen-bond acceptors (Lipinski definition) is 6. The number of benzene rings is 3. The van der Waals surface area contributed by atoms with Crippen LogP contribution in [-0.2, 0) is 11.3 Å². The van der Waals surface area contributed by atoms with Crippen molar-refractivity contribution < 1.29 is 19.7 Å². The first-order valence-electron chi connectivity index (χ1n) is 13.4. The normalized spacial score (nSPS) is 18.5. The number of aliphatic hydroxyl groups excluding tert-OH is 2. The summed E-state index contributed by atoms with van der Waals surface area (Å²) in [5.41, 5.74) is 3.01. The zero-order valence-electron chi connectivity index (χ0n) is 21.4. The Hall–Kier alpha value is -3.43. The van der Waals surface area contributed by atoms with Gasteiger partial charge >= 0.3 is 0 Å². The number of aliphatic hydroxyl groups is 2. The minimum absolute atomic E-state index is 0.000662. The summed E-state index contributed by atoms with van der Waals surface area (Å²) >= 11 is 0. The Bertz CT molecular complexity index is 1380. The Labute approximate surface area is 222 Å². The molecular weight excluding hydrogens is 480 g/mol. The average Bonchev–Trinajstić information content (AvgIpc) is 3.25. The van der Waals surface area contributed by atoms with Crippen LogP contribution in [0.3, 0.4) is 0 Å². The molecule has 2 aliphatic rings. The van der Waals surface area contributed by atoms with E-state index in [1.54, 1.807) is 4.90 Å². The third-order valence-corrected chi connectivity index (χ3v) is 7.68. The van der Waals surface area contributed by atoms with Gasteiger partial charge in [0.05, 0.1) is 31.0 Å². The topological polar surface area (TPSA) is 81.4 Å². The van der Waals surface area contributed by atoms with Gasteiger partial charge in [-0.25, -0.2) is 0 Å². The molecular formula is C30H34N4O4. The first kappa shape index (κ1) is 24.9. The molecule has 198 valence electrons. The number of nitrogens with zero attached hydrogens (tertiary/aromatic N) is 4. The van der Waals surface area contributed by atoms with Gasteiger partial charge < -0.3 is 24.4 Å². The van der Waals surface area contributed by atoms with E-state index in [1.807, 2.05) is 36.4 Å². The summed E-state index contributed by atoms with van der Waals surface area (Å²) in [6, 6.07) is 24.2. The molecule has 38 heavy (non-hydrogen) atoms. The Morgan fingerprint density at radius 1 is 0.684 bits per heavy atom. The molecule has 2 N–H and O–H groups in total. The number of ether oxygens (including phenoxy) is 1. The predicted octanol–water partition coefficient (Wildman–Crippen LogP) is 2.56. The Kier molecular flexibility index (Phi) is 7.04. The second kappa shape index (κ2) is 10.7. The SMILES string of the molecule is O=C1COc2ccccc2N1CC(O)CN1CCN(CC(O)Cn2c3ccccc3c3ccccc32)CC1. The van der Waals surface area contributed by atoms with E-state index in [4.69, 9.17) is 4.74 Å². The molecule has 2 aliphatic heterocycles. The molecule has 4 aromatic rings. The fourth-order valence-corrected chi connectivity index (χ4v) is 5.84. The molecule has 2 unspecified atom stereocenters. The predicted molar refractivity (Wildman–Crippen MR) is 149 cm³/mol. The van der Waals surface area contributed by atoms with Crippen molar-refractivity contribution >= 4 is 33.4 Å². The number of anilines is 1. The average molecular weight is 515 g/mol. The van der Waals surface area contributed by atoms with E-state index in [0.717, 1.165) is 37.2 Å². The molecule has 0 bridgehead atoms. The Morgan fingerprint density at radius 3 is 1.84 bits per heavy atom. The van der Waals surface area contributed by atoms with E-state index in [1.165, 1.54) is 10.8 Å². The zero-order chi connectivity index (χ0) is 26.1. The van der Waals surface area contributed by atoms with Crippen LogP contribution in [0, 0.1) is 0 Å². The van der Waals surface area contributed by atoms with Crippen LogP contribution in [0.25, 0.3) is 21.8 Å². The van der Waals surface area contributed by atoms with Gasteiger partial charge in [0.2, 0.25) is 0 Å². The molecule has 8 nitrogen and oxygen atoms in total. The molecule has 3 heterocycles. The van der Waals surface area contributed by atoms with Crippen molar-refractivity contribution in [1.29, 1.82) is 0 Å². The van der Waals surface area contributed by atoms with Crippen molar-refractivity contribution in [3.63, 3.8) is 0 Å². The summed E-state index contributed by atoms with van der Waals surface area (Å²) in [7, 11) is 0. The van der Waals surface area contributed by atoms with Crippen LogP contribution in [0.5, 0.6) is 5.75 Å². The van der Waals surface area contributed by atoms with Crippen molar-refractivity contribution in [2.24, 2.45) is 0 Å². The summed E-state index contributed by atoms with van der Waals surface area (Å²) in [4.78, 5) is 18.6. The van der Waals surface area contributed by atoms with Crippen LogP contribution in [0.2, 0.25) is 0 Å². The van der Waals surface area contributed by atoms with Crippen molar-refractivity contribution in [3.8, 4) is 5.75 Å². The molecule has 0 spiro atoms. The number of carbonyl (C=O) groups excluding carboxylic acids is 1. The third-order valence-electron chi connectivity index (χ3n) is 7.68. The molecule has 8 heteroatoms. The number of aromatic nitrogens is 1. The van der Waals surface area contributed by atoms with E-state index in [-0.39, 0.29) is 19.1 Å². The minimum Gasteiger partial charge on any atom is -0.482 e. The zero-order valence-corrected chi connectivity index (χ0v) is 21.4. The van der Waals surface area contributed by atoms with Gasteiger partial charge in [0.15, 0.2) is 6.61 Å². The first-order chi connectivity index (χ1) is 18.6. The van der Waals surface area contributed by atoms with Gasteiger partial charge in [0, 0.05) is 61.1 Å². The number of piperazine rings is 1. The van der Waals surface area contributed by atoms with Gasteiger partial charge in [-0.1, -0.05) is 48.5 Å². The molecule has 1 amide bonds. The second-order valence-corrected chi connectivity index (χ2v) is 10.3. The van der Waals surface area contributed by atoms with Gasteiger partial charge in [-0.05, 0) is 24.3 Å². The summed E-state index contributed by atoms with van der Waals surface area (Å²) in [5.74, 6) is 0.539. The molecule has 0 aliphatic carbocycles. The number of fused-ring (bicyclic) bond motifs is 4. The van der Waals surface area contributed by atoms with Crippen molar-refractivity contribution in [2.45, 2.75) is 18.8 Å². The largest absolute Gasteiger partial charge is 0.482 e. The van der Waals surface area contributed by atoms with Crippen LogP contribution < -0.4 is 9.64 Å². The third kappa shape index (κ3) is 5.00. The number of β-amino-alcohol motifs (C(OH)–C–C–N with tert-alkyl or cyclic N) is 2. The lowest BCUT2D eigenvalue weighted by Gasteiger charge is -2.37. The highest BCUT2D eigenvalue weighted by Gasteiger charge is 2.28. The number of amides is 1. The standard InChI is InChI=1S/C30H34N4O4/c35-22(19-33-26-9-3-1-7-24(26)25-8-2-4-10-27(25)33)17-31-13-15-32(16-14-31)18-23(36)20-34-28-11-5-6-12-29(28)38-21-30(34)37/h1-12,22-23,35-36H,13-21H2. The first-order valence-corrected chi connectivity index (χ1v) is 13.4. The summed E-state index contributed by atoms with van der Waals surface area (Å²) in [6.07, 6.45) is -1.14. The lowest BCUT2D eigenvalue weighted by Crippen LogP contribution is -2.52. The Morgan fingerprint density at radius 2 is 1.21 bits per heavy atom. The van der Waals surface area contributed by atoms with Crippen molar-refractivity contribution in [1.82, 2.24) is 14.4 Å². The lowest BCUT2D eigenvalue weighted by molar-refractivity contribution is -0.121. The molecule has 0 radical (unpaired) electrons. The number of para-hydroxylation sites is 4. The Balaban J connectivity index is 1.02. The van der Waals surface area contributed by atoms with E-state index in [2.05, 4.69) is 50.8 Å². The van der Waals surface area contributed by atoms with Crippen molar-refractivity contribution in [3.05, 3.63) is 72.8 Å². The maximum atomic E-state index is 12.4. The van der Waals surface area contributed by atoms with Gasteiger partial charge in [-0.2, -0.15) is 0 Å². The van der Waals surface area contributed by atoms with Crippen LogP contribution in [0.15, 0.2) is 72.8 Å². The van der Waals surface area contributed by atoms with E-state index in [9.17, 15) is 15.0 Å². The van der Waals surface area contributed by atoms with Gasteiger partial charge in [-0.3, -0.25) is 14.6 Å². The highest BCUT2D eigenvalue weighted by Crippen LogP contribution is 2.32. The fraction of sp³-hybridized carbons (Fsp3) is 0.367. The van der Waals surface area contributed by atoms with Crippen LogP contribution in [0.1, 0.15) is 0 Å². The molecule has 1 fully saturated rings. The molecule has 0 saturated carbocycles. The van der Waals surface area contributed by atoms with E-state index < -0.39 is 12.2 Å². The number of carbonyl (C=O) groups is 1. The van der Waals surface area contributed by atoms with Gasteiger partial charge in [0.1, 0.15) is 5.75 Å². The fourth-order valence-electron chi connectivity index (χ4n) is 5.84. The monoisotopic (exact) mass is 514 g/mol. The van der Waals surface area contributed by atoms with E-state index >= 15 is 0 Å². The summed E-state index contributed by atoms with van der Waals surface area (Å²) in [5, 5.41) is 24.2. The quantitative estimate of drug-likeness (QED) is 0.376. The molecule has 1 aromatic heterocycles. The van der Waals surface area contributed by atoms with Crippen LogP contribution >= 0.6 is 0 Å².